The van der Waals surface area contributed by atoms with E-state index in [9.17, 15) is 4.79 Å². The molecule has 0 radical (unpaired) electrons. The number of nitrogens with one attached hydrogen (secondary N) is 1. The average molecular weight is 220 g/mol. The minimum atomic E-state index is 0.433. The Balaban J connectivity index is 2.87. The molecule has 0 saturated heterocycles. The molecule has 1 aromatic carbocycles. The second-order valence-electron chi connectivity index (χ2n) is 3.36. The summed E-state index contributed by atoms with van der Waals surface area (Å²) in [6.45, 7) is 1.82. The zero-order valence-electron chi connectivity index (χ0n) is 9.33. The largest absolute Gasteiger partial charge is 0.496 e. The number of methoxy groups -OCH3 is 2. The molecule has 2 aromatic rings. The Kier molecular flexibility index (Phi) is 2.52. The first-order chi connectivity index (χ1) is 7.71. The molecular formula is C11H12N2O3. The SMILES string of the molecule is COc1cc(OC)c2[nH]c(C)nc2c1C=O. The highest BCUT2D eigenvalue weighted by Gasteiger charge is 2.15. The number of H-pyrrole nitrogens is 1. The molecule has 5 nitrogen and oxygen atoms in total. The molecule has 16 heavy (non-hydrogen) atoms. The number of fused-ring (bicyclic) bond motifs is 1. The summed E-state index contributed by atoms with van der Waals surface area (Å²) < 4.78 is 10.3. The van der Waals surface area contributed by atoms with Crippen molar-refractivity contribution in [3.63, 3.8) is 0 Å². The minimum absolute atomic E-state index is 0.433. The van der Waals surface area contributed by atoms with E-state index >= 15 is 0 Å². The summed E-state index contributed by atoms with van der Waals surface area (Å²) in [6.07, 6.45) is 0.737. The maximum atomic E-state index is 11.0. The molecule has 0 aliphatic heterocycles. The third-order valence-electron chi connectivity index (χ3n) is 2.41. The molecule has 1 N–H and O–H groups in total. The Labute approximate surface area is 92.4 Å². The quantitative estimate of drug-likeness (QED) is 0.799. The van der Waals surface area contributed by atoms with Crippen molar-refractivity contribution in [1.29, 1.82) is 0 Å². The van der Waals surface area contributed by atoms with E-state index in [1.807, 2.05) is 6.92 Å². The molecule has 84 valence electrons. The van der Waals surface area contributed by atoms with E-state index in [1.54, 1.807) is 13.2 Å². The molecule has 0 spiro atoms. The lowest BCUT2D eigenvalue weighted by Gasteiger charge is -2.07. The minimum Gasteiger partial charge on any atom is -0.496 e. The number of carbonyl (C=O) groups excluding carboxylic acids is 1. The Morgan fingerprint density at radius 1 is 1.31 bits per heavy atom. The first-order valence-electron chi connectivity index (χ1n) is 4.77. The molecule has 1 heterocycles. The van der Waals surface area contributed by atoms with E-state index in [0.29, 0.717) is 28.1 Å². The fourth-order valence-corrected chi connectivity index (χ4v) is 1.69. The fraction of sp³-hybridized carbons (Fsp3) is 0.273. The van der Waals surface area contributed by atoms with Crippen LogP contribution in [-0.4, -0.2) is 30.5 Å². The van der Waals surface area contributed by atoms with Gasteiger partial charge in [-0.3, -0.25) is 4.79 Å². The number of aromatic amines is 1. The lowest BCUT2D eigenvalue weighted by atomic mass is 10.1. The Hall–Kier alpha value is -2.04. The second kappa shape index (κ2) is 3.84. The second-order valence-corrected chi connectivity index (χ2v) is 3.36. The van der Waals surface area contributed by atoms with Crippen molar-refractivity contribution in [2.24, 2.45) is 0 Å². The van der Waals surface area contributed by atoms with Crippen molar-refractivity contribution in [2.45, 2.75) is 6.92 Å². The van der Waals surface area contributed by atoms with E-state index < -0.39 is 0 Å². The topological polar surface area (TPSA) is 64.2 Å². The number of ether oxygens (including phenoxy) is 2. The van der Waals surface area contributed by atoms with Crippen molar-refractivity contribution in [2.75, 3.05) is 14.2 Å². The van der Waals surface area contributed by atoms with Gasteiger partial charge in [-0.2, -0.15) is 0 Å². The van der Waals surface area contributed by atoms with E-state index in [2.05, 4.69) is 9.97 Å². The maximum absolute atomic E-state index is 11.0. The molecule has 0 saturated carbocycles. The number of aryl methyl sites for hydroxylation is 1. The summed E-state index contributed by atoms with van der Waals surface area (Å²) in [4.78, 5) is 18.3. The van der Waals surface area contributed by atoms with Gasteiger partial charge >= 0.3 is 0 Å². The smallest absolute Gasteiger partial charge is 0.156 e. The standard InChI is InChI=1S/C11H12N2O3/c1-6-12-10-7(5-14)8(15-2)4-9(16-3)11(10)13-6/h4-5H,1-3H3,(H,12,13). The van der Waals surface area contributed by atoms with Gasteiger partial charge in [0.25, 0.3) is 0 Å². The lowest BCUT2D eigenvalue weighted by Crippen LogP contribution is -1.94. The molecule has 5 heteroatoms. The first kappa shape index (κ1) is 10.5. The van der Waals surface area contributed by atoms with Crippen LogP contribution in [0, 0.1) is 6.92 Å². The third kappa shape index (κ3) is 1.41. The molecule has 1 aromatic heterocycles. The van der Waals surface area contributed by atoms with Gasteiger partial charge in [0.05, 0.1) is 19.8 Å². The van der Waals surface area contributed by atoms with Crippen molar-refractivity contribution >= 4 is 17.3 Å². The number of aldehydes is 1. The van der Waals surface area contributed by atoms with Gasteiger partial charge < -0.3 is 14.5 Å². The summed E-state index contributed by atoms with van der Waals surface area (Å²) in [6, 6.07) is 1.67. The van der Waals surface area contributed by atoms with Gasteiger partial charge in [-0.15, -0.1) is 0 Å². The van der Waals surface area contributed by atoms with Crippen molar-refractivity contribution < 1.29 is 14.3 Å². The highest BCUT2D eigenvalue weighted by Crippen LogP contribution is 2.33. The van der Waals surface area contributed by atoms with Crippen LogP contribution in [0.1, 0.15) is 16.2 Å². The van der Waals surface area contributed by atoms with Crippen LogP contribution in [0.5, 0.6) is 11.5 Å². The molecule has 0 atom stereocenters. The van der Waals surface area contributed by atoms with E-state index in [4.69, 9.17) is 9.47 Å². The Morgan fingerprint density at radius 3 is 2.56 bits per heavy atom. The normalized spacial score (nSPS) is 10.4. The highest BCUT2D eigenvalue weighted by atomic mass is 16.5. The van der Waals surface area contributed by atoms with Crippen LogP contribution < -0.4 is 9.47 Å². The summed E-state index contributed by atoms with van der Waals surface area (Å²) in [7, 11) is 3.07. The number of aromatic nitrogens is 2. The average Bonchev–Trinajstić information content (AvgIpc) is 2.67. The van der Waals surface area contributed by atoms with E-state index in [0.717, 1.165) is 12.1 Å². The number of rotatable bonds is 3. The number of benzene rings is 1. The molecule has 0 fully saturated rings. The number of hydrogen-bond donors (Lipinski definition) is 1. The van der Waals surface area contributed by atoms with Crippen LogP contribution >= 0.6 is 0 Å². The van der Waals surface area contributed by atoms with Crippen LogP contribution in [0.2, 0.25) is 0 Å². The predicted octanol–water partition coefficient (Wildman–Crippen LogP) is 1.70. The molecule has 0 aliphatic carbocycles. The zero-order valence-corrected chi connectivity index (χ0v) is 9.33. The molecule has 2 rings (SSSR count). The number of imidazole rings is 1. The Morgan fingerprint density at radius 2 is 2.00 bits per heavy atom. The summed E-state index contributed by atoms with van der Waals surface area (Å²) >= 11 is 0. The van der Waals surface area contributed by atoms with Gasteiger partial charge in [-0.05, 0) is 6.92 Å². The van der Waals surface area contributed by atoms with Crippen LogP contribution in [0.25, 0.3) is 11.0 Å². The van der Waals surface area contributed by atoms with Crippen molar-refractivity contribution in [3.8, 4) is 11.5 Å². The van der Waals surface area contributed by atoms with Crippen LogP contribution in [-0.2, 0) is 0 Å². The maximum Gasteiger partial charge on any atom is 0.156 e. The summed E-state index contributed by atoms with van der Waals surface area (Å²) in [5, 5.41) is 0. The monoisotopic (exact) mass is 220 g/mol. The summed E-state index contributed by atoms with van der Waals surface area (Å²) in [5.41, 5.74) is 1.72. The van der Waals surface area contributed by atoms with Gasteiger partial charge in [0.15, 0.2) is 6.29 Å². The third-order valence-corrected chi connectivity index (χ3v) is 2.41. The first-order valence-corrected chi connectivity index (χ1v) is 4.77. The summed E-state index contributed by atoms with van der Waals surface area (Å²) in [5.74, 6) is 1.80. The number of nitrogens with zero attached hydrogens (tertiary/aromatic N) is 1. The van der Waals surface area contributed by atoms with Gasteiger partial charge in [-0.25, -0.2) is 4.98 Å². The molecule has 0 unspecified atom stereocenters. The van der Waals surface area contributed by atoms with E-state index in [1.165, 1.54) is 7.11 Å². The van der Waals surface area contributed by atoms with E-state index in [-0.39, 0.29) is 0 Å². The van der Waals surface area contributed by atoms with Gasteiger partial charge in [0, 0.05) is 6.07 Å². The molecule has 0 aliphatic rings. The molecule has 0 amide bonds. The zero-order chi connectivity index (χ0) is 11.7. The highest BCUT2D eigenvalue weighted by molar-refractivity contribution is 6.00. The Bertz CT molecular complexity index is 546. The van der Waals surface area contributed by atoms with Gasteiger partial charge in [-0.1, -0.05) is 0 Å². The van der Waals surface area contributed by atoms with Crippen LogP contribution in [0.15, 0.2) is 6.07 Å². The van der Waals surface area contributed by atoms with Crippen LogP contribution in [0.3, 0.4) is 0 Å². The van der Waals surface area contributed by atoms with Crippen molar-refractivity contribution in [3.05, 3.63) is 17.5 Å². The number of hydrogen-bond acceptors (Lipinski definition) is 4. The number of carbonyl (C=O) groups is 1. The lowest BCUT2D eigenvalue weighted by molar-refractivity contribution is 0.112. The van der Waals surface area contributed by atoms with Gasteiger partial charge in [0.2, 0.25) is 0 Å². The van der Waals surface area contributed by atoms with Gasteiger partial charge in [0.1, 0.15) is 28.4 Å². The van der Waals surface area contributed by atoms with Crippen molar-refractivity contribution in [1.82, 2.24) is 9.97 Å². The van der Waals surface area contributed by atoms with Crippen LogP contribution in [0.4, 0.5) is 0 Å². The molecular weight excluding hydrogens is 208 g/mol. The molecule has 0 bridgehead atoms. The fourth-order valence-electron chi connectivity index (χ4n) is 1.69. The predicted molar refractivity (Wildman–Crippen MR) is 59.3 cm³/mol.